The lowest BCUT2D eigenvalue weighted by molar-refractivity contribution is -0.115. The highest BCUT2D eigenvalue weighted by atomic mass is 79.9. The summed E-state index contributed by atoms with van der Waals surface area (Å²) < 4.78 is 19.4. The van der Waals surface area contributed by atoms with E-state index in [4.69, 9.17) is 17.0 Å². The van der Waals surface area contributed by atoms with Crippen molar-refractivity contribution in [2.75, 3.05) is 0 Å². The smallest absolute Gasteiger partial charge is 0.273 e. The van der Waals surface area contributed by atoms with Gasteiger partial charge in [-0.25, -0.2) is 4.39 Å². The van der Waals surface area contributed by atoms with Gasteiger partial charge in [0.25, 0.3) is 5.91 Å². The third-order valence-corrected chi connectivity index (χ3v) is 4.12. The van der Waals surface area contributed by atoms with E-state index in [1.165, 1.54) is 12.1 Å². The van der Waals surface area contributed by atoms with Crippen LogP contribution in [0.25, 0.3) is 6.08 Å². The normalized spacial score (nSPS) is 15.3. The molecule has 0 atom stereocenters. The standard InChI is InChI=1S/C17H12BrFN2O2S/c18-13-7-11(8-14-16(22)21-17(24)20-14)3-6-15(13)23-9-10-1-4-12(19)5-2-10/h1-8H,9H2,(H2,20,21,22,24)/b14-8+. The van der Waals surface area contributed by atoms with Gasteiger partial charge in [0.1, 0.15) is 23.9 Å². The molecule has 122 valence electrons. The lowest BCUT2D eigenvalue weighted by Gasteiger charge is -2.09. The Morgan fingerprint density at radius 1 is 1.17 bits per heavy atom. The number of halogens is 2. The van der Waals surface area contributed by atoms with E-state index in [1.54, 1.807) is 24.3 Å². The van der Waals surface area contributed by atoms with Crippen LogP contribution in [0, 0.1) is 5.82 Å². The van der Waals surface area contributed by atoms with Crippen LogP contribution >= 0.6 is 28.1 Å². The van der Waals surface area contributed by atoms with E-state index >= 15 is 0 Å². The van der Waals surface area contributed by atoms with E-state index in [0.717, 1.165) is 15.6 Å². The summed E-state index contributed by atoms with van der Waals surface area (Å²) >= 11 is 8.34. The number of hydrogen-bond acceptors (Lipinski definition) is 3. The van der Waals surface area contributed by atoms with Crippen molar-refractivity contribution in [2.24, 2.45) is 0 Å². The summed E-state index contributed by atoms with van der Waals surface area (Å²) in [5.74, 6) is 0.120. The highest BCUT2D eigenvalue weighted by molar-refractivity contribution is 9.10. The van der Waals surface area contributed by atoms with Crippen LogP contribution in [0.15, 0.2) is 52.6 Å². The molecule has 4 nitrogen and oxygen atoms in total. The van der Waals surface area contributed by atoms with E-state index in [2.05, 4.69) is 26.6 Å². The Balaban J connectivity index is 1.70. The van der Waals surface area contributed by atoms with Gasteiger partial charge in [0.05, 0.1) is 4.47 Å². The molecule has 2 aromatic carbocycles. The molecule has 0 aliphatic carbocycles. The van der Waals surface area contributed by atoms with E-state index in [1.807, 2.05) is 12.1 Å². The zero-order valence-corrected chi connectivity index (χ0v) is 14.7. The molecule has 0 aromatic heterocycles. The van der Waals surface area contributed by atoms with Gasteiger partial charge < -0.3 is 10.1 Å². The van der Waals surface area contributed by atoms with E-state index in [-0.39, 0.29) is 11.7 Å². The number of hydrogen-bond donors (Lipinski definition) is 2. The van der Waals surface area contributed by atoms with Crippen LogP contribution in [0.5, 0.6) is 5.75 Å². The maximum Gasteiger partial charge on any atom is 0.273 e. The summed E-state index contributed by atoms with van der Waals surface area (Å²) in [7, 11) is 0. The van der Waals surface area contributed by atoms with Crippen molar-refractivity contribution in [1.82, 2.24) is 10.6 Å². The molecular formula is C17H12BrFN2O2S. The first-order valence-electron chi connectivity index (χ1n) is 7.02. The maximum atomic E-state index is 12.9. The van der Waals surface area contributed by atoms with Crippen LogP contribution in [0.3, 0.4) is 0 Å². The molecule has 7 heteroatoms. The average Bonchev–Trinajstić information content (AvgIpc) is 2.86. The van der Waals surface area contributed by atoms with Crippen molar-refractivity contribution >= 4 is 45.2 Å². The van der Waals surface area contributed by atoms with Crippen LogP contribution in [0.2, 0.25) is 0 Å². The molecule has 0 saturated carbocycles. The molecule has 0 bridgehead atoms. The molecule has 2 N–H and O–H groups in total. The Labute approximate surface area is 151 Å². The number of carbonyl (C=O) groups is 1. The monoisotopic (exact) mass is 406 g/mol. The topological polar surface area (TPSA) is 50.4 Å². The minimum absolute atomic E-state index is 0.257. The fourth-order valence-corrected chi connectivity index (χ4v) is 2.83. The van der Waals surface area contributed by atoms with Gasteiger partial charge >= 0.3 is 0 Å². The van der Waals surface area contributed by atoms with Gasteiger partial charge in [-0.3, -0.25) is 10.1 Å². The van der Waals surface area contributed by atoms with Crippen molar-refractivity contribution in [3.8, 4) is 5.75 Å². The van der Waals surface area contributed by atoms with E-state index in [0.29, 0.717) is 23.2 Å². The van der Waals surface area contributed by atoms with Gasteiger partial charge in [-0.05, 0) is 69.6 Å². The first kappa shape index (κ1) is 16.6. The van der Waals surface area contributed by atoms with Gasteiger partial charge in [0.15, 0.2) is 5.11 Å². The number of benzene rings is 2. The molecule has 1 aliphatic heterocycles. The number of nitrogens with one attached hydrogen (secondary N) is 2. The zero-order chi connectivity index (χ0) is 17.1. The number of thiocarbonyl (C=S) groups is 1. The van der Waals surface area contributed by atoms with Gasteiger partial charge in [-0.1, -0.05) is 18.2 Å². The Morgan fingerprint density at radius 3 is 2.54 bits per heavy atom. The van der Waals surface area contributed by atoms with Crippen LogP contribution < -0.4 is 15.4 Å². The number of rotatable bonds is 4. The lowest BCUT2D eigenvalue weighted by Crippen LogP contribution is -2.21. The van der Waals surface area contributed by atoms with Gasteiger partial charge in [0.2, 0.25) is 0 Å². The predicted octanol–water partition coefficient (Wildman–Crippen LogP) is 3.51. The van der Waals surface area contributed by atoms with E-state index < -0.39 is 0 Å². The summed E-state index contributed by atoms with van der Waals surface area (Å²) in [6, 6.07) is 11.6. The largest absolute Gasteiger partial charge is 0.488 e. The molecule has 0 radical (unpaired) electrons. The van der Waals surface area contributed by atoms with E-state index in [9.17, 15) is 9.18 Å². The Morgan fingerprint density at radius 2 is 1.92 bits per heavy atom. The lowest BCUT2D eigenvalue weighted by atomic mass is 10.2. The number of ether oxygens (including phenoxy) is 1. The molecule has 0 unspecified atom stereocenters. The van der Waals surface area contributed by atoms with Crippen molar-refractivity contribution in [2.45, 2.75) is 6.61 Å². The molecule has 3 rings (SSSR count). The van der Waals surface area contributed by atoms with Crippen molar-refractivity contribution in [3.05, 3.63) is 69.6 Å². The highest BCUT2D eigenvalue weighted by Gasteiger charge is 2.19. The Hall–Kier alpha value is -2.25. The van der Waals surface area contributed by atoms with Crippen molar-refractivity contribution < 1.29 is 13.9 Å². The van der Waals surface area contributed by atoms with Gasteiger partial charge in [-0.2, -0.15) is 0 Å². The van der Waals surface area contributed by atoms with Crippen LogP contribution in [-0.4, -0.2) is 11.0 Å². The second-order valence-corrected chi connectivity index (χ2v) is 6.33. The summed E-state index contributed by atoms with van der Waals surface area (Å²) in [5, 5.41) is 5.59. The quantitative estimate of drug-likeness (QED) is 0.602. The SMILES string of the molecule is O=C1NC(=S)N/C1=C/c1ccc(OCc2ccc(F)cc2)c(Br)c1. The summed E-state index contributed by atoms with van der Waals surface area (Å²) in [6.45, 7) is 0.331. The Bertz CT molecular complexity index is 837. The van der Waals surface area contributed by atoms with Crippen molar-refractivity contribution in [3.63, 3.8) is 0 Å². The van der Waals surface area contributed by atoms with Crippen LogP contribution in [0.4, 0.5) is 4.39 Å². The molecule has 1 aliphatic rings. The summed E-state index contributed by atoms with van der Waals surface area (Å²) in [4.78, 5) is 11.6. The zero-order valence-electron chi connectivity index (χ0n) is 12.3. The van der Waals surface area contributed by atoms with Crippen LogP contribution in [0.1, 0.15) is 11.1 Å². The first-order chi connectivity index (χ1) is 11.5. The molecule has 24 heavy (non-hydrogen) atoms. The maximum absolute atomic E-state index is 12.9. The van der Waals surface area contributed by atoms with Crippen LogP contribution in [-0.2, 0) is 11.4 Å². The Kier molecular flexibility index (Phi) is 4.92. The average molecular weight is 407 g/mol. The predicted molar refractivity (Wildman–Crippen MR) is 96.7 cm³/mol. The number of carbonyl (C=O) groups excluding carboxylic acids is 1. The fourth-order valence-electron chi connectivity index (χ4n) is 2.11. The second-order valence-electron chi connectivity index (χ2n) is 5.07. The minimum Gasteiger partial charge on any atom is -0.488 e. The van der Waals surface area contributed by atoms with Crippen molar-refractivity contribution in [1.29, 1.82) is 0 Å². The third-order valence-electron chi connectivity index (χ3n) is 3.29. The molecule has 1 saturated heterocycles. The molecule has 1 fully saturated rings. The second kappa shape index (κ2) is 7.11. The van der Waals surface area contributed by atoms with Gasteiger partial charge in [0, 0.05) is 0 Å². The highest BCUT2D eigenvalue weighted by Crippen LogP contribution is 2.27. The first-order valence-corrected chi connectivity index (χ1v) is 8.22. The molecule has 1 heterocycles. The minimum atomic E-state index is -0.277. The summed E-state index contributed by atoms with van der Waals surface area (Å²) in [5.41, 5.74) is 2.08. The molecular weight excluding hydrogens is 395 g/mol. The molecule has 2 aromatic rings. The molecule has 0 spiro atoms. The number of amides is 1. The third kappa shape index (κ3) is 3.98. The fraction of sp³-hybridized carbons (Fsp3) is 0.0588. The summed E-state index contributed by atoms with van der Waals surface area (Å²) in [6.07, 6.45) is 1.70. The van der Waals surface area contributed by atoms with Gasteiger partial charge in [-0.15, -0.1) is 0 Å². The molecule has 1 amide bonds.